The summed E-state index contributed by atoms with van der Waals surface area (Å²) in [5, 5.41) is 2.66. The van der Waals surface area contributed by atoms with Crippen LogP contribution >= 0.6 is 0 Å². The van der Waals surface area contributed by atoms with Crippen LogP contribution in [0, 0.1) is 6.92 Å². The van der Waals surface area contributed by atoms with Gasteiger partial charge in [-0.2, -0.15) is 4.99 Å². The first-order chi connectivity index (χ1) is 8.08. The zero-order valence-corrected chi connectivity index (χ0v) is 9.98. The third-order valence-electron chi connectivity index (χ3n) is 2.37. The Morgan fingerprint density at radius 1 is 1.53 bits per heavy atom. The van der Waals surface area contributed by atoms with Gasteiger partial charge in [-0.05, 0) is 31.5 Å². The van der Waals surface area contributed by atoms with Gasteiger partial charge in [-0.3, -0.25) is 4.79 Å². The Hall–Kier alpha value is -1.97. The minimum atomic E-state index is -0.533. The number of anilines is 1. The van der Waals surface area contributed by atoms with Gasteiger partial charge in [0.05, 0.1) is 5.69 Å². The number of aliphatic imine (C=N–C) groups is 1. The van der Waals surface area contributed by atoms with Gasteiger partial charge in [0.2, 0.25) is 6.08 Å². The molecule has 1 unspecified atom stereocenters. The number of carbonyl (C=O) groups excluding carboxylic acids is 2. The molecule has 0 saturated carbocycles. The number of benzene rings is 1. The van der Waals surface area contributed by atoms with E-state index in [2.05, 4.69) is 10.3 Å². The van der Waals surface area contributed by atoms with Gasteiger partial charge in [0.15, 0.2) is 0 Å². The van der Waals surface area contributed by atoms with Crippen LogP contribution in [0.4, 0.5) is 11.4 Å². The average Bonchev–Trinajstić information content (AvgIpc) is 2.32. The van der Waals surface area contributed by atoms with Crippen LogP contribution in [0.1, 0.15) is 12.5 Å². The van der Waals surface area contributed by atoms with Crippen LogP contribution in [0.3, 0.4) is 0 Å². The lowest BCUT2D eigenvalue weighted by Crippen LogP contribution is -2.26. The molecule has 0 heterocycles. The lowest BCUT2D eigenvalue weighted by atomic mass is 10.2. The van der Waals surface area contributed by atoms with E-state index in [-0.39, 0.29) is 5.91 Å². The molecule has 0 aliphatic rings. The van der Waals surface area contributed by atoms with Crippen molar-refractivity contribution in [3.63, 3.8) is 0 Å². The van der Waals surface area contributed by atoms with Crippen LogP contribution in [0.25, 0.3) is 0 Å². The first-order valence-corrected chi connectivity index (χ1v) is 5.10. The van der Waals surface area contributed by atoms with Crippen molar-refractivity contribution in [3.8, 4) is 0 Å². The Balaban J connectivity index is 2.89. The zero-order valence-electron chi connectivity index (χ0n) is 9.98. The highest BCUT2D eigenvalue weighted by Crippen LogP contribution is 2.22. The quantitative estimate of drug-likeness (QED) is 0.639. The van der Waals surface area contributed by atoms with E-state index in [1.54, 1.807) is 25.1 Å². The van der Waals surface area contributed by atoms with Crippen LogP contribution in [0.15, 0.2) is 23.2 Å². The third-order valence-corrected chi connectivity index (χ3v) is 2.37. The van der Waals surface area contributed by atoms with Crippen molar-refractivity contribution >= 4 is 23.4 Å². The van der Waals surface area contributed by atoms with Crippen molar-refractivity contribution in [2.75, 3.05) is 12.4 Å². The van der Waals surface area contributed by atoms with Crippen molar-refractivity contribution in [2.24, 2.45) is 4.99 Å². The summed E-state index contributed by atoms with van der Waals surface area (Å²) in [6.07, 6.45) is 0.944. The Morgan fingerprint density at radius 2 is 2.24 bits per heavy atom. The molecule has 0 bridgehead atoms. The highest BCUT2D eigenvalue weighted by atomic mass is 16.5. The lowest BCUT2D eigenvalue weighted by Gasteiger charge is -2.11. The minimum Gasteiger partial charge on any atom is -0.372 e. The third kappa shape index (κ3) is 3.52. The van der Waals surface area contributed by atoms with Gasteiger partial charge < -0.3 is 10.1 Å². The molecule has 5 heteroatoms. The molecule has 1 atom stereocenters. The fourth-order valence-electron chi connectivity index (χ4n) is 1.21. The van der Waals surface area contributed by atoms with Crippen LogP contribution in [0.5, 0.6) is 0 Å². The number of rotatable bonds is 4. The fraction of sp³-hybridized carbons (Fsp3) is 0.333. The molecule has 0 aliphatic carbocycles. The number of carbonyl (C=O) groups is 1. The lowest BCUT2D eigenvalue weighted by molar-refractivity contribution is -0.124. The van der Waals surface area contributed by atoms with E-state index in [0.29, 0.717) is 11.4 Å². The molecule has 1 N–H and O–H groups in total. The Kier molecular flexibility index (Phi) is 4.57. The molecule has 17 heavy (non-hydrogen) atoms. The highest BCUT2D eigenvalue weighted by Gasteiger charge is 2.11. The van der Waals surface area contributed by atoms with E-state index in [9.17, 15) is 9.59 Å². The van der Waals surface area contributed by atoms with E-state index in [0.717, 1.165) is 5.56 Å². The molecule has 0 spiro atoms. The number of hydrogen-bond donors (Lipinski definition) is 1. The molecule has 90 valence electrons. The summed E-state index contributed by atoms with van der Waals surface area (Å²) in [4.78, 5) is 25.3. The number of nitrogens with zero attached hydrogens (tertiary/aromatic N) is 1. The molecule has 0 fully saturated rings. The predicted molar refractivity (Wildman–Crippen MR) is 64.1 cm³/mol. The van der Waals surface area contributed by atoms with Crippen molar-refractivity contribution in [3.05, 3.63) is 23.8 Å². The molecule has 0 radical (unpaired) electrons. The second kappa shape index (κ2) is 5.94. The first kappa shape index (κ1) is 13.1. The fourth-order valence-corrected chi connectivity index (χ4v) is 1.21. The molecule has 1 rings (SSSR count). The number of isocyanates is 1. The number of nitrogens with one attached hydrogen (secondary N) is 1. The van der Waals surface area contributed by atoms with Gasteiger partial charge in [-0.25, -0.2) is 4.79 Å². The second-order valence-corrected chi connectivity index (χ2v) is 3.57. The van der Waals surface area contributed by atoms with Crippen LogP contribution in [-0.2, 0) is 14.3 Å². The SMILES string of the molecule is COC(C)C(=O)Nc1ccc(C)c(N=C=O)c1. The maximum atomic E-state index is 11.6. The number of methoxy groups -OCH3 is 1. The minimum absolute atomic E-state index is 0.252. The molecule has 1 aromatic carbocycles. The van der Waals surface area contributed by atoms with Crippen LogP contribution < -0.4 is 5.32 Å². The number of aryl methyl sites for hydroxylation is 1. The predicted octanol–water partition coefficient (Wildman–Crippen LogP) is 1.94. The first-order valence-electron chi connectivity index (χ1n) is 5.10. The molecule has 0 aliphatic heterocycles. The van der Waals surface area contributed by atoms with Crippen molar-refractivity contribution in [1.82, 2.24) is 0 Å². The Bertz CT molecular complexity index is 465. The van der Waals surface area contributed by atoms with E-state index >= 15 is 0 Å². The van der Waals surface area contributed by atoms with Crippen LogP contribution in [-0.4, -0.2) is 25.2 Å². The van der Waals surface area contributed by atoms with Gasteiger partial charge in [0.1, 0.15) is 6.10 Å². The summed E-state index contributed by atoms with van der Waals surface area (Å²) in [6, 6.07) is 5.11. The van der Waals surface area contributed by atoms with Gasteiger partial charge in [-0.1, -0.05) is 6.07 Å². The summed E-state index contributed by atoms with van der Waals surface area (Å²) in [7, 11) is 1.46. The van der Waals surface area contributed by atoms with Crippen LogP contribution in [0.2, 0.25) is 0 Å². The van der Waals surface area contributed by atoms with E-state index < -0.39 is 6.10 Å². The van der Waals surface area contributed by atoms with Crippen molar-refractivity contribution < 1.29 is 14.3 Å². The summed E-state index contributed by atoms with van der Waals surface area (Å²) in [6.45, 7) is 3.47. The van der Waals surface area contributed by atoms with Gasteiger partial charge in [0.25, 0.3) is 5.91 Å². The normalized spacial score (nSPS) is 11.5. The van der Waals surface area contributed by atoms with E-state index in [1.807, 2.05) is 6.92 Å². The topological polar surface area (TPSA) is 67.8 Å². The smallest absolute Gasteiger partial charge is 0.253 e. The molecule has 0 saturated heterocycles. The maximum absolute atomic E-state index is 11.6. The summed E-state index contributed by atoms with van der Waals surface area (Å²) in [5.41, 5.74) is 1.90. The zero-order chi connectivity index (χ0) is 12.8. The maximum Gasteiger partial charge on any atom is 0.253 e. The average molecular weight is 234 g/mol. The molecule has 5 nitrogen and oxygen atoms in total. The summed E-state index contributed by atoms with van der Waals surface area (Å²) < 4.78 is 4.89. The molecule has 1 amide bonds. The van der Waals surface area contributed by atoms with E-state index in [4.69, 9.17) is 4.74 Å². The standard InChI is InChI=1S/C12H14N2O3/c1-8-4-5-10(6-11(8)13-7-15)14-12(16)9(2)17-3/h4-6,9H,1-3H3,(H,14,16). The second-order valence-electron chi connectivity index (χ2n) is 3.57. The largest absolute Gasteiger partial charge is 0.372 e. The van der Waals surface area contributed by atoms with Crippen molar-refractivity contribution in [2.45, 2.75) is 20.0 Å². The highest BCUT2D eigenvalue weighted by molar-refractivity contribution is 5.94. The number of ether oxygens (including phenoxy) is 1. The van der Waals surface area contributed by atoms with Gasteiger partial charge in [-0.15, -0.1) is 0 Å². The van der Waals surface area contributed by atoms with Crippen molar-refractivity contribution in [1.29, 1.82) is 0 Å². The summed E-state index contributed by atoms with van der Waals surface area (Å²) >= 11 is 0. The molecular weight excluding hydrogens is 220 g/mol. The number of hydrogen-bond acceptors (Lipinski definition) is 4. The number of amides is 1. The summed E-state index contributed by atoms with van der Waals surface area (Å²) in [5.74, 6) is -0.252. The van der Waals surface area contributed by atoms with Gasteiger partial charge >= 0.3 is 0 Å². The Morgan fingerprint density at radius 3 is 2.82 bits per heavy atom. The monoisotopic (exact) mass is 234 g/mol. The molecule has 0 aromatic heterocycles. The molecular formula is C12H14N2O3. The van der Waals surface area contributed by atoms with E-state index in [1.165, 1.54) is 13.2 Å². The van der Waals surface area contributed by atoms with Gasteiger partial charge in [0, 0.05) is 12.8 Å². The molecule has 1 aromatic rings. The Labute approximate surface area is 99.5 Å².